The molecule has 0 radical (unpaired) electrons. The number of ether oxygens (including phenoxy) is 1. The van der Waals surface area contributed by atoms with Gasteiger partial charge in [0.05, 0.1) is 0 Å². The minimum absolute atomic E-state index is 0. The molecule has 112 valence electrons. The second-order valence-corrected chi connectivity index (χ2v) is 5.35. The Morgan fingerprint density at radius 2 is 2.05 bits per heavy atom. The smallest absolute Gasteiger partial charge is 0.241 e. The summed E-state index contributed by atoms with van der Waals surface area (Å²) in [5.41, 5.74) is 7.05. The molecular formula is C15H23ClN2O2. The summed E-state index contributed by atoms with van der Waals surface area (Å²) < 4.78 is 5.10. The fourth-order valence-corrected chi connectivity index (χ4v) is 2.21. The van der Waals surface area contributed by atoms with Crippen LogP contribution in [0.1, 0.15) is 30.9 Å². The van der Waals surface area contributed by atoms with E-state index in [0.717, 1.165) is 31.4 Å². The van der Waals surface area contributed by atoms with E-state index in [-0.39, 0.29) is 23.7 Å². The number of nitrogens with one attached hydrogen (secondary N) is 1. The number of rotatable bonds is 7. The topological polar surface area (TPSA) is 64.3 Å². The fraction of sp³-hybridized carbons (Fsp3) is 0.533. The zero-order valence-electron chi connectivity index (χ0n) is 11.8. The van der Waals surface area contributed by atoms with Crippen LogP contribution >= 0.6 is 12.4 Å². The van der Waals surface area contributed by atoms with Crippen LogP contribution in [0.5, 0.6) is 0 Å². The highest BCUT2D eigenvalue weighted by Crippen LogP contribution is 2.48. The van der Waals surface area contributed by atoms with Crippen LogP contribution in [0.25, 0.3) is 0 Å². The molecule has 20 heavy (non-hydrogen) atoms. The summed E-state index contributed by atoms with van der Waals surface area (Å²) in [6, 6.07) is 8.87. The lowest BCUT2D eigenvalue weighted by Gasteiger charge is -2.18. The Labute approximate surface area is 126 Å². The van der Waals surface area contributed by atoms with Crippen molar-refractivity contribution in [2.75, 3.05) is 20.3 Å². The van der Waals surface area contributed by atoms with Crippen LogP contribution in [-0.2, 0) is 9.53 Å². The molecule has 2 rings (SSSR count). The molecule has 5 heteroatoms. The van der Waals surface area contributed by atoms with Gasteiger partial charge in [-0.25, -0.2) is 0 Å². The van der Waals surface area contributed by atoms with E-state index >= 15 is 0 Å². The number of carbonyl (C=O) groups is 1. The number of methoxy groups -OCH3 is 1. The third kappa shape index (κ3) is 4.47. The molecule has 1 aliphatic rings. The number of carbonyl (C=O) groups excluding carboxylic acids is 1. The minimum atomic E-state index is -0.584. The average molecular weight is 299 g/mol. The lowest BCUT2D eigenvalue weighted by molar-refractivity contribution is -0.122. The Hall–Kier alpha value is -1.10. The van der Waals surface area contributed by atoms with Crippen LogP contribution in [0.4, 0.5) is 0 Å². The normalized spacial score (nSPS) is 16.9. The van der Waals surface area contributed by atoms with Crippen molar-refractivity contribution >= 4 is 18.3 Å². The summed E-state index contributed by atoms with van der Waals surface area (Å²) in [7, 11) is 1.71. The summed E-state index contributed by atoms with van der Waals surface area (Å²) >= 11 is 0. The molecular weight excluding hydrogens is 276 g/mol. The summed E-state index contributed by atoms with van der Waals surface area (Å²) in [4.78, 5) is 12.0. The van der Waals surface area contributed by atoms with Crippen LogP contribution < -0.4 is 11.1 Å². The first-order valence-corrected chi connectivity index (χ1v) is 6.74. The molecule has 4 nitrogen and oxygen atoms in total. The predicted molar refractivity (Wildman–Crippen MR) is 81.8 cm³/mol. The maximum absolute atomic E-state index is 12.0. The molecule has 1 saturated carbocycles. The van der Waals surface area contributed by atoms with E-state index in [1.807, 2.05) is 30.3 Å². The lowest BCUT2D eigenvalue weighted by Crippen LogP contribution is -2.37. The SMILES string of the molecule is COCCC1(CNC(=O)C(N)c2ccccc2)CC1.Cl. The predicted octanol–water partition coefficient (Wildman–Crippen LogP) is 2.04. The zero-order valence-corrected chi connectivity index (χ0v) is 12.6. The summed E-state index contributed by atoms with van der Waals surface area (Å²) in [6.45, 7) is 1.45. The van der Waals surface area contributed by atoms with Crippen molar-refractivity contribution in [1.29, 1.82) is 0 Å². The summed E-state index contributed by atoms with van der Waals surface area (Å²) in [6.07, 6.45) is 3.33. The van der Waals surface area contributed by atoms with Crippen molar-refractivity contribution < 1.29 is 9.53 Å². The molecule has 3 N–H and O–H groups in total. The van der Waals surface area contributed by atoms with Gasteiger partial charge in [0.2, 0.25) is 5.91 Å². The molecule has 0 heterocycles. The monoisotopic (exact) mass is 298 g/mol. The Kier molecular flexibility index (Phi) is 6.46. The highest BCUT2D eigenvalue weighted by atomic mass is 35.5. The summed E-state index contributed by atoms with van der Waals surface area (Å²) in [5.74, 6) is -0.102. The third-order valence-corrected chi connectivity index (χ3v) is 3.87. The van der Waals surface area contributed by atoms with E-state index in [0.29, 0.717) is 6.54 Å². The number of nitrogens with two attached hydrogens (primary N) is 1. The van der Waals surface area contributed by atoms with E-state index in [1.54, 1.807) is 7.11 Å². The van der Waals surface area contributed by atoms with E-state index in [1.165, 1.54) is 0 Å². The quantitative estimate of drug-likeness (QED) is 0.810. The highest BCUT2D eigenvalue weighted by molar-refractivity contribution is 5.85. The molecule has 1 aromatic rings. The first-order chi connectivity index (χ1) is 9.17. The van der Waals surface area contributed by atoms with Gasteiger partial charge in [0.15, 0.2) is 0 Å². The number of hydrogen-bond donors (Lipinski definition) is 2. The van der Waals surface area contributed by atoms with Crippen molar-refractivity contribution in [2.45, 2.75) is 25.3 Å². The molecule has 0 spiro atoms. The van der Waals surface area contributed by atoms with Gasteiger partial charge in [0.1, 0.15) is 6.04 Å². The van der Waals surface area contributed by atoms with Crippen LogP contribution in [0.15, 0.2) is 30.3 Å². The van der Waals surface area contributed by atoms with Gasteiger partial charge in [-0.3, -0.25) is 4.79 Å². The van der Waals surface area contributed by atoms with Crippen molar-refractivity contribution in [3.8, 4) is 0 Å². The third-order valence-electron chi connectivity index (χ3n) is 3.87. The Morgan fingerprint density at radius 1 is 1.40 bits per heavy atom. The summed E-state index contributed by atoms with van der Waals surface area (Å²) in [5, 5.41) is 2.97. The number of benzene rings is 1. The number of hydrogen-bond acceptors (Lipinski definition) is 3. The van der Waals surface area contributed by atoms with Gasteiger partial charge in [0.25, 0.3) is 0 Å². The van der Waals surface area contributed by atoms with Crippen molar-refractivity contribution in [1.82, 2.24) is 5.32 Å². The van der Waals surface area contributed by atoms with Crippen LogP contribution in [0.2, 0.25) is 0 Å². The Bertz CT molecular complexity index is 421. The Morgan fingerprint density at radius 3 is 2.60 bits per heavy atom. The average Bonchev–Trinajstić information content (AvgIpc) is 3.23. The molecule has 1 amide bonds. The molecule has 1 fully saturated rings. The van der Waals surface area contributed by atoms with E-state index in [2.05, 4.69) is 5.32 Å². The molecule has 0 aromatic heterocycles. The maximum Gasteiger partial charge on any atom is 0.241 e. The molecule has 0 saturated heterocycles. The molecule has 0 aliphatic heterocycles. The van der Waals surface area contributed by atoms with Crippen molar-refractivity contribution in [2.24, 2.45) is 11.1 Å². The van der Waals surface area contributed by atoms with E-state index < -0.39 is 6.04 Å². The number of halogens is 1. The fourth-order valence-electron chi connectivity index (χ4n) is 2.21. The van der Waals surface area contributed by atoms with Crippen LogP contribution in [0.3, 0.4) is 0 Å². The van der Waals surface area contributed by atoms with Gasteiger partial charge in [-0.15, -0.1) is 12.4 Å². The lowest BCUT2D eigenvalue weighted by atomic mass is 10.0. The number of amides is 1. The molecule has 1 aromatic carbocycles. The second kappa shape index (κ2) is 7.62. The standard InChI is InChI=1S/C15H22N2O2.ClH/c1-19-10-9-15(7-8-15)11-17-14(18)13(16)12-5-3-2-4-6-12;/h2-6,13H,7-11,16H2,1H3,(H,17,18);1H. The highest BCUT2D eigenvalue weighted by Gasteiger charge is 2.42. The van der Waals surface area contributed by atoms with Gasteiger partial charge in [-0.05, 0) is 30.2 Å². The zero-order chi connectivity index (χ0) is 13.7. The van der Waals surface area contributed by atoms with Gasteiger partial charge in [0, 0.05) is 20.3 Å². The largest absolute Gasteiger partial charge is 0.385 e. The van der Waals surface area contributed by atoms with Gasteiger partial charge >= 0.3 is 0 Å². The molecule has 1 atom stereocenters. The first-order valence-electron chi connectivity index (χ1n) is 6.74. The van der Waals surface area contributed by atoms with Crippen LogP contribution in [0, 0.1) is 5.41 Å². The maximum atomic E-state index is 12.0. The van der Waals surface area contributed by atoms with E-state index in [4.69, 9.17) is 10.5 Å². The minimum Gasteiger partial charge on any atom is -0.385 e. The second-order valence-electron chi connectivity index (χ2n) is 5.35. The van der Waals surface area contributed by atoms with Gasteiger partial charge in [-0.2, -0.15) is 0 Å². The van der Waals surface area contributed by atoms with Gasteiger partial charge in [-0.1, -0.05) is 30.3 Å². The van der Waals surface area contributed by atoms with Crippen LogP contribution in [-0.4, -0.2) is 26.2 Å². The van der Waals surface area contributed by atoms with Crippen molar-refractivity contribution in [3.05, 3.63) is 35.9 Å². The molecule has 0 bridgehead atoms. The Balaban J connectivity index is 0.00000200. The molecule has 1 unspecified atom stereocenters. The first kappa shape index (κ1) is 17.0. The van der Waals surface area contributed by atoms with E-state index in [9.17, 15) is 4.79 Å². The molecule has 1 aliphatic carbocycles. The van der Waals surface area contributed by atoms with Gasteiger partial charge < -0.3 is 15.8 Å². The van der Waals surface area contributed by atoms with Crippen molar-refractivity contribution in [3.63, 3.8) is 0 Å².